The Labute approximate surface area is 168 Å². The van der Waals surface area contributed by atoms with E-state index in [1.807, 2.05) is 24.3 Å². The monoisotopic (exact) mass is 386 g/mol. The van der Waals surface area contributed by atoms with Gasteiger partial charge < -0.3 is 5.32 Å². The van der Waals surface area contributed by atoms with Crippen molar-refractivity contribution >= 4 is 27.4 Å². The third-order valence-electron chi connectivity index (χ3n) is 5.45. The molecule has 1 N–H and O–H groups in total. The van der Waals surface area contributed by atoms with Gasteiger partial charge in [0.25, 0.3) is 0 Å². The van der Waals surface area contributed by atoms with E-state index in [0.717, 1.165) is 34.2 Å². The molecule has 0 amide bonds. The van der Waals surface area contributed by atoms with E-state index in [9.17, 15) is 0 Å². The summed E-state index contributed by atoms with van der Waals surface area (Å²) in [7, 11) is 0. The number of nitrogens with zero attached hydrogens (tertiary/aromatic N) is 3. The minimum atomic E-state index is 0.684. The molecule has 1 saturated carbocycles. The Morgan fingerprint density at radius 1 is 0.964 bits per heavy atom. The molecular formula is C23H22N4S. The topological polar surface area (TPSA) is 50.7 Å². The van der Waals surface area contributed by atoms with Gasteiger partial charge in [0.05, 0.1) is 5.39 Å². The number of benzene rings is 1. The summed E-state index contributed by atoms with van der Waals surface area (Å²) in [6, 6.07) is 16.4. The molecule has 1 aliphatic rings. The fraction of sp³-hybridized carbons (Fsp3) is 0.261. The van der Waals surface area contributed by atoms with E-state index >= 15 is 0 Å². The Morgan fingerprint density at radius 2 is 1.79 bits per heavy atom. The van der Waals surface area contributed by atoms with Crippen LogP contribution in [0, 0.1) is 5.92 Å². The van der Waals surface area contributed by atoms with Gasteiger partial charge in [0, 0.05) is 23.7 Å². The van der Waals surface area contributed by atoms with Gasteiger partial charge in [-0.25, -0.2) is 9.97 Å². The Balaban J connectivity index is 1.61. The van der Waals surface area contributed by atoms with Crippen LogP contribution in [0.15, 0.2) is 60.1 Å². The number of aromatic nitrogens is 3. The van der Waals surface area contributed by atoms with Gasteiger partial charge in [0.2, 0.25) is 0 Å². The summed E-state index contributed by atoms with van der Waals surface area (Å²) in [5.41, 5.74) is 3.21. The second-order valence-corrected chi connectivity index (χ2v) is 8.20. The highest BCUT2D eigenvalue weighted by Gasteiger charge is 2.19. The van der Waals surface area contributed by atoms with E-state index in [1.165, 1.54) is 36.8 Å². The molecule has 0 unspecified atom stereocenters. The number of rotatable bonds is 5. The SMILES string of the molecule is c1ccc(-c2csc3nc(-c4ccccn4)nc(NCC4CCCC4)c23)cc1. The van der Waals surface area contributed by atoms with Crippen molar-refractivity contribution in [3.63, 3.8) is 0 Å². The maximum absolute atomic E-state index is 4.91. The zero-order chi connectivity index (χ0) is 18.8. The molecule has 28 heavy (non-hydrogen) atoms. The van der Waals surface area contributed by atoms with Gasteiger partial charge in [0.1, 0.15) is 16.3 Å². The number of anilines is 1. The first-order chi connectivity index (χ1) is 13.9. The number of fused-ring (bicyclic) bond motifs is 1. The second-order valence-electron chi connectivity index (χ2n) is 7.34. The lowest BCUT2D eigenvalue weighted by molar-refractivity contribution is 0.579. The molecule has 0 aliphatic heterocycles. The minimum absolute atomic E-state index is 0.684. The molecular weight excluding hydrogens is 364 g/mol. The number of thiophene rings is 1. The maximum Gasteiger partial charge on any atom is 0.181 e. The molecule has 0 atom stereocenters. The van der Waals surface area contributed by atoms with Crippen LogP contribution >= 0.6 is 11.3 Å². The first kappa shape index (κ1) is 17.3. The quantitative estimate of drug-likeness (QED) is 0.455. The molecule has 3 aromatic heterocycles. The molecule has 5 rings (SSSR count). The molecule has 4 aromatic rings. The average Bonchev–Trinajstić information content (AvgIpc) is 3.43. The Hall–Kier alpha value is -2.79. The molecule has 0 spiro atoms. The van der Waals surface area contributed by atoms with Crippen molar-refractivity contribution < 1.29 is 0 Å². The van der Waals surface area contributed by atoms with E-state index in [-0.39, 0.29) is 0 Å². The molecule has 140 valence electrons. The van der Waals surface area contributed by atoms with Gasteiger partial charge in [-0.2, -0.15) is 0 Å². The average molecular weight is 387 g/mol. The van der Waals surface area contributed by atoms with E-state index in [2.05, 4.69) is 39.9 Å². The first-order valence-corrected chi connectivity index (χ1v) is 10.8. The Morgan fingerprint density at radius 3 is 2.57 bits per heavy atom. The van der Waals surface area contributed by atoms with Crippen LogP contribution in [-0.2, 0) is 0 Å². The lowest BCUT2D eigenvalue weighted by atomic mass is 10.1. The molecule has 1 fully saturated rings. The van der Waals surface area contributed by atoms with E-state index in [0.29, 0.717) is 5.82 Å². The Bertz CT molecular complexity index is 1070. The van der Waals surface area contributed by atoms with Crippen LogP contribution in [0.25, 0.3) is 32.9 Å². The maximum atomic E-state index is 4.91. The van der Waals surface area contributed by atoms with Crippen LogP contribution in [-0.4, -0.2) is 21.5 Å². The van der Waals surface area contributed by atoms with Crippen molar-refractivity contribution in [2.24, 2.45) is 5.92 Å². The van der Waals surface area contributed by atoms with Crippen LogP contribution in [0.5, 0.6) is 0 Å². The summed E-state index contributed by atoms with van der Waals surface area (Å²) >= 11 is 1.67. The minimum Gasteiger partial charge on any atom is -0.369 e. The van der Waals surface area contributed by atoms with Gasteiger partial charge in [-0.15, -0.1) is 11.3 Å². The number of nitrogens with one attached hydrogen (secondary N) is 1. The van der Waals surface area contributed by atoms with Crippen molar-refractivity contribution in [3.05, 3.63) is 60.1 Å². The summed E-state index contributed by atoms with van der Waals surface area (Å²) in [6.45, 7) is 0.970. The highest BCUT2D eigenvalue weighted by Crippen LogP contribution is 2.38. The molecule has 1 aromatic carbocycles. The van der Waals surface area contributed by atoms with Gasteiger partial charge >= 0.3 is 0 Å². The normalized spacial score (nSPS) is 14.6. The van der Waals surface area contributed by atoms with E-state index in [1.54, 1.807) is 17.5 Å². The second kappa shape index (κ2) is 7.68. The number of pyridine rings is 1. The first-order valence-electron chi connectivity index (χ1n) is 9.88. The Kier molecular flexibility index (Phi) is 4.75. The molecule has 3 heterocycles. The lowest BCUT2D eigenvalue weighted by Crippen LogP contribution is -2.12. The van der Waals surface area contributed by atoms with E-state index < -0.39 is 0 Å². The van der Waals surface area contributed by atoms with Crippen molar-refractivity contribution in [2.45, 2.75) is 25.7 Å². The summed E-state index contributed by atoms with van der Waals surface area (Å²) in [5.74, 6) is 2.35. The van der Waals surface area contributed by atoms with Crippen LogP contribution in [0.1, 0.15) is 25.7 Å². The van der Waals surface area contributed by atoms with Crippen molar-refractivity contribution in [1.29, 1.82) is 0 Å². The van der Waals surface area contributed by atoms with Crippen LogP contribution in [0.2, 0.25) is 0 Å². The van der Waals surface area contributed by atoms with Gasteiger partial charge in [0.15, 0.2) is 5.82 Å². The van der Waals surface area contributed by atoms with E-state index in [4.69, 9.17) is 9.97 Å². The molecule has 1 aliphatic carbocycles. The van der Waals surface area contributed by atoms with Gasteiger partial charge in [-0.3, -0.25) is 4.98 Å². The fourth-order valence-electron chi connectivity index (χ4n) is 3.96. The summed E-state index contributed by atoms with van der Waals surface area (Å²) in [5, 5.41) is 6.98. The van der Waals surface area contributed by atoms with Crippen molar-refractivity contribution in [2.75, 3.05) is 11.9 Å². The van der Waals surface area contributed by atoms with Crippen molar-refractivity contribution in [1.82, 2.24) is 15.0 Å². The predicted octanol–water partition coefficient (Wildman–Crippen LogP) is 6.02. The van der Waals surface area contributed by atoms with Crippen LogP contribution < -0.4 is 5.32 Å². The lowest BCUT2D eigenvalue weighted by Gasteiger charge is -2.14. The molecule has 4 nitrogen and oxygen atoms in total. The van der Waals surface area contributed by atoms with Crippen molar-refractivity contribution in [3.8, 4) is 22.6 Å². The van der Waals surface area contributed by atoms with Crippen LogP contribution in [0.4, 0.5) is 5.82 Å². The smallest absolute Gasteiger partial charge is 0.181 e. The fourth-order valence-corrected chi connectivity index (χ4v) is 4.91. The third-order valence-corrected chi connectivity index (χ3v) is 6.32. The van der Waals surface area contributed by atoms with Crippen LogP contribution in [0.3, 0.4) is 0 Å². The van der Waals surface area contributed by atoms with Gasteiger partial charge in [-0.05, 0) is 36.5 Å². The number of hydrogen-bond donors (Lipinski definition) is 1. The predicted molar refractivity (Wildman–Crippen MR) is 117 cm³/mol. The molecule has 0 radical (unpaired) electrons. The summed E-state index contributed by atoms with van der Waals surface area (Å²) < 4.78 is 0. The summed E-state index contributed by atoms with van der Waals surface area (Å²) in [6.07, 6.45) is 7.10. The standard InChI is InChI=1S/C23H22N4S/c1-2-10-17(11-3-1)18-15-28-23-20(18)22(25-14-16-8-4-5-9-16)26-21(27-23)19-12-6-7-13-24-19/h1-3,6-7,10-13,15-16H,4-5,8-9,14H2,(H,25,26,27). The zero-order valence-corrected chi connectivity index (χ0v) is 16.5. The summed E-state index contributed by atoms with van der Waals surface area (Å²) in [4.78, 5) is 15.2. The zero-order valence-electron chi connectivity index (χ0n) is 15.6. The largest absolute Gasteiger partial charge is 0.369 e. The highest BCUT2D eigenvalue weighted by atomic mass is 32.1. The van der Waals surface area contributed by atoms with Gasteiger partial charge in [-0.1, -0.05) is 49.2 Å². The third kappa shape index (κ3) is 3.38. The highest BCUT2D eigenvalue weighted by molar-refractivity contribution is 7.17. The molecule has 5 heteroatoms. The molecule has 0 saturated heterocycles. The number of hydrogen-bond acceptors (Lipinski definition) is 5. The molecule has 0 bridgehead atoms.